The molecule has 0 radical (unpaired) electrons. The topological polar surface area (TPSA) is 24.5 Å². The first-order valence-electron chi connectivity index (χ1n) is 4.44. The second-order valence-electron chi connectivity index (χ2n) is 3.21. The Kier molecular flexibility index (Phi) is 4.29. The molecule has 1 aliphatic heterocycles. The summed E-state index contributed by atoms with van der Waals surface area (Å²) in [6.45, 7) is 8.41. The molecule has 0 saturated carbocycles. The average molecular weight is 170 g/mol. The zero-order valence-electron chi connectivity index (χ0n) is 7.75. The van der Waals surface area contributed by atoms with Gasteiger partial charge in [-0.05, 0) is 7.05 Å². The van der Waals surface area contributed by atoms with Crippen LogP contribution in [0.15, 0.2) is 12.7 Å². The summed E-state index contributed by atoms with van der Waals surface area (Å²) < 4.78 is 5.56. The third-order valence-corrected chi connectivity index (χ3v) is 1.96. The monoisotopic (exact) mass is 170 g/mol. The molecule has 1 heterocycles. The van der Waals surface area contributed by atoms with Gasteiger partial charge in [-0.2, -0.15) is 0 Å². The van der Waals surface area contributed by atoms with E-state index in [2.05, 4.69) is 23.8 Å². The quantitative estimate of drug-likeness (QED) is 0.605. The highest BCUT2D eigenvalue weighted by atomic mass is 16.5. The summed E-state index contributed by atoms with van der Waals surface area (Å²) in [5, 5.41) is 3.30. The first kappa shape index (κ1) is 9.71. The van der Waals surface area contributed by atoms with Crippen LogP contribution in [-0.4, -0.2) is 50.8 Å². The lowest BCUT2D eigenvalue weighted by atomic mass is 10.3. The summed E-state index contributed by atoms with van der Waals surface area (Å²) in [6.07, 6.45) is 2.26. The fourth-order valence-corrected chi connectivity index (χ4v) is 1.38. The Morgan fingerprint density at radius 1 is 1.75 bits per heavy atom. The van der Waals surface area contributed by atoms with Crippen molar-refractivity contribution in [3.63, 3.8) is 0 Å². The van der Waals surface area contributed by atoms with E-state index < -0.39 is 0 Å². The molecule has 0 bridgehead atoms. The minimum atomic E-state index is 0.351. The molecule has 0 spiro atoms. The Hall–Kier alpha value is -0.380. The molecule has 3 heteroatoms. The van der Waals surface area contributed by atoms with Crippen LogP contribution >= 0.6 is 0 Å². The number of ether oxygens (including phenoxy) is 1. The smallest absolute Gasteiger partial charge is 0.0826 e. The number of hydrogen-bond donors (Lipinski definition) is 1. The Balaban J connectivity index is 2.15. The lowest BCUT2D eigenvalue weighted by Gasteiger charge is -2.27. The van der Waals surface area contributed by atoms with Crippen LogP contribution < -0.4 is 5.32 Å². The maximum atomic E-state index is 5.56. The zero-order valence-corrected chi connectivity index (χ0v) is 7.75. The maximum absolute atomic E-state index is 5.56. The Morgan fingerprint density at radius 3 is 3.17 bits per heavy atom. The molecule has 1 saturated heterocycles. The van der Waals surface area contributed by atoms with Gasteiger partial charge in [0.15, 0.2) is 0 Å². The van der Waals surface area contributed by atoms with Crippen LogP contribution in [0.4, 0.5) is 0 Å². The van der Waals surface area contributed by atoms with Crippen LogP contribution in [0.1, 0.15) is 0 Å². The fourth-order valence-electron chi connectivity index (χ4n) is 1.38. The lowest BCUT2D eigenvalue weighted by molar-refractivity contribution is 0.0118. The molecule has 0 amide bonds. The number of morpholine rings is 1. The number of nitrogens with one attached hydrogen (secondary N) is 1. The average Bonchev–Trinajstić information content (AvgIpc) is 2.06. The van der Waals surface area contributed by atoms with Gasteiger partial charge in [-0.3, -0.25) is 0 Å². The van der Waals surface area contributed by atoms with Crippen LogP contribution in [-0.2, 0) is 4.74 Å². The summed E-state index contributed by atoms with van der Waals surface area (Å²) in [5.41, 5.74) is 0. The first-order valence-corrected chi connectivity index (χ1v) is 4.44. The van der Waals surface area contributed by atoms with Crippen molar-refractivity contribution in [1.29, 1.82) is 0 Å². The summed E-state index contributed by atoms with van der Waals surface area (Å²) >= 11 is 0. The van der Waals surface area contributed by atoms with Crippen molar-refractivity contribution in [3.05, 3.63) is 12.7 Å². The molecule has 1 fully saturated rings. The van der Waals surface area contributed by atoms with Gasteiger partial charge in [0.1, 0.15) is 0 Å². The Labute approximate surface area is 74.4 Å². The first-order chi connectivity index (χ1) is 5.83. The molecule has 1 N–H and O–H groups in total. The second kappa shape index (κ2) is 5.30. The van der Waals surface area contributed by atoms with Crippen molar-refractivity contribution in [2.24, 2.45) is 0 Å². The molecular formula is C9H18N2O. The van der Waals surface area contributed by atoms with E-state index in [0.29, 0.717) is 6.10 Å². The van der Waals surface area contributed by atoms with Crippen LogP contribution in [0.3, 0.4) is 0 Å². The van der Waals surface area contributed by atoms with Gasteiger partial charge in [-0.25, -0.2) is 0 Å². The van der Waals surface area contributed by atoms with Crippen LogP contribution in [0.25, 0.3) is 0 Å². The molecule has 1 atom stereocenters. The standard InChI is InChI=1S/C9H18N2O/c1-3-5-11(2)8-9-7-10-4-6-12-9/h3,9-10H,1,4-8H2,2H3. The number of nitrogens with zero attached hydrogens (tertiary/aromatic N) is 1. The number of rotatable bonds is 4. The minimum Gasteiger partial charge on any atom is -0.374 e. The molecule has 1 unspecified atom stereocenters. The van der Waals surface area contributed by atoms with E-state index >= 15 is 0 Å². The molecule has 0 aromatic carbocycles. The largest absolute Gasteiger partial charge is 0.374 e. The molecule has 12 heavy (non-hydrogen) atoms. The predicted octanol–water partition coefficient (Wildman–Crippen LogP) is 0.0926. The molecule has 3 nitrogen and oxygen atoms in total. The van der Waals surface area contributed by atoms with E-state index in [4.69, 9.17) is 4.74 Å². The maximum Gasteiger partial charge on any atom is 0.0826 e. The zero-order chi connectivity index (χ0) is 8.81. The predicted molar refractivity (Wildman–Crippen MR) is 50.3 cm³/mol. The molecule has 1 aliphatic rings. The van der Waals surface area contributed by atoms with Gasteiger partial charge in [0.05, 0.1) is 12.7 Å². The van der Waals surface area contributed by atoms with Gasteiger partial charge in [0.2, 0.25) is 0 Å². The van der Waals surface area contributed by atoms with Gasteiger partial charge in [0, 0.05) is 26.2 Å². The molecule has 70 valence electrons. The van der Waals surface area contributed by atoms with Crippen LogP contribution in [0.2, 0.25) is 0 Å². The van der Waals surface area contributed by atoms with Gasteiger partial charge in [-0.1, -0.05) is 6.08 Å². The summed E-state index contributed by atoms with van der Waals surface area (Å²) in [4.78, 5) is 2.21. The molecule has 0 aromatic rings. The van der Waals surface area contributed by atoms with Gasteiger partial charge >= 0.3 is 0 Å². The normalized spacial score (nSPS) is 24.3. The van der Waals surface area contributed by atoms with Gasteiger partial charge < -0.3 is 15.0 Å². The van der Waals surface area contributed by atoms with Crippen LogP contribution in [0, 0.1) is 0 Å². The van der Waals surface area contributed by atoms with E-state index in [9.17, 15) is 0 Å². The van der Waals surface area contributed by atoms with Gasteiger partial charge in [-0.15, -0.1) is 6.58 Å². The summed E-state index contributed by atoms with van der Waals surface area (Å²) in [5.74, 6) is 0. The van der Waals surface area contributed by atoms with E-state index in [1.54, 1.807) is 0 Å². The number of likely N-dealkylation sites (N-methyl/N-ethyl adjacent to an activating group) is 1. The molecule has 0 aromatic heterocycles. The van der Waals surface area contributed by atoms with E-state index in [0.717, 1.165) is 32.8 Å². The van der Waals surface area contributed by atoms with Crippen molar-refractivity contribution < 1.29 is 4.74 Å². The van der Waals surface area contributed by atoms with E-state index in [1.165, 1.54) is 0 Å². The summed E-state index contributed by atoms with van der Waals surface area (Å²) in [7, 11) is 2.08. The van der Waals surface area contributed by atoms with Crippen molar-refractivity contribution >= 4 is 0 Å². The minimum absolute atomic E-state index is 0.351. The molecule has 1 rings (SSSR count). The summed E-state index contributed by atoms with van der Waals surface area (Å²) in [6, 6.07) is 0. The van der Waals surface area contributed by atoms with Crippen molar-refractivity contribution in [3.8, 4) is 0 Å². The highest BCUT2D eigenvalue weighted by Gasteiger charge is 2.14. The van der Waals surface area contributed by atoms with Crippen molar-refractivity contribution in [2.45, 2.75) is 6.10 Å². The molecule has 0 aliphatic carbocycles. The highest BCUT2D eigenvalue weighted by Crippen LogP contribution is 1.97. The third-order valence-electron chi connectivity index (χ3n) is 1.96. The fraction of sp³-hybridized carbons (Fsp3) is 0.778. The van der Waals surface area contributed by atoms with E-state index in [1.807, 2.05) is 6.08 Å². The number of hydrogen-bond acceptors (Lipinski definition) is 3. The Bertz CT molecular complexity index is 132. The third kappa shape index (κ3) is 3.34. The van der Waals surface area contributed by atoms with Gasteiger partial charge in [0.25, 0.3) is 0 Å². The highest BCUT2D eigenvalue weighted by molar-refractivity contribution is 4.75. The van der Waals surface area contributed by atoms with Crippen LogP contribution in [0.5, 0.6) is 0 Å². The second-order valence-corrected chi connectivity index (χ2v) is 3.21. The van der Waals surface area contributed by atoms with Crippen molar-refractivity contribution in [2.75, 3.05) is 39.8 Å². The van der Waals surface area contributed by atoms with Crippen molar-refractivity contribution in [1.82, 2.24) is 10.2 Å². The lowest BCUT2D eigenvalue weighted by Crippen LogP contribution is -2.44. The Morgan fingerprint density at radius 2 is 2.58 bits per heavy atom. The SMILES string of the molecule is C=CCN(C)CC1CNCCO1. The molecular weight excluding hydrogens is 152 g/mol. The van der Waals surface area contributed by atoms with E-state index in [-0.39, 0.29) is 0 Å².